The number of anilines is 1. The van der Waals surface area contributed by atoms with E-state index in [-0.39, 0.29) is 11.7 Å². The second-order valence-corrected chi connectivity index (χ2v) is 8.34. The predicted molar refractivity (Wildman–Crippen MR) is 131 cm³/mol. The van der Waals surface area contributed by atoms with Crippen molar-refractivity contribution in [2.75, 3.05) is 11.1 Å². The van der Waals surface area contributed by atoms with Crippen LogP contribution in [0.5, 0.6) is 0 Å². The first-order valence-electron chi connectivity index (χ1n) is 10.3. The minimum Gasteiger partial charge on any atom is -0.325 e. The second kappa shape index (κ2) is 9.74. The Bertz CT molecular complexity index is 1440. The van der Waals surface area contributed by atoms with Gasteiger partial charge in [0, 0.05) is 26.3 Å². The summed E-state index contributed by atoms with van der Waals surface area (Å²) < 4.78 is 4.16. The van der Waals surface area contributed by atoms with Gasteiger partial charge < -0.3 is 9.88 Å². The van der Waals surface area contributed by atoms with Gasteiger partial charge in [-0.25, -0.2) is 9.78 Å². The van der Waals surface area contributed by atoms with Crippen LogP contribution in [0.4, 0.5) is 5.69 Å². The molecule has 2 aromatic heterocycles. The lowest BCUT2D eigenvalue weighted by molar-refractivity contribution is -0.113. The number of thioether (sulfide) groups is 1. The van der Waals surface area contributed by atoms with Crippen LogP contribution in [0.25, 0.3) is 17.2 Å². The highest BCUT2D eigenvalue weighted by Gasteiger charge is 2.19. The van der Waals surface area contributed by atoms with Crippen molar-refractivity contribution in [3.63, 3.8) is 0 Å². The van der Waals surface area contributed by atoms with Crippen LogP contribution in [0, 0.1) is 0 Å². The summed E-state index contributed by atoms with van der Waals surface area (Å²) in [7, 11) is 3.03. The molecule has 0 aliphatic rings. The van der Waals surface area contributed by atoms with Crippen LogP contribution >= 0.6 is 11.8 Å². The van der Waals surface area contributed by atoms with E-state index in [4.69, 9.17) is 0 Å². The third-order valence-electron chi connectivity index (χ3n) is 5.10. The zero-order valence-corrected chi connectivity index (χ0v) is 19.1. The predicted octanol–water partition coefficient (Wildman–Crippen LogP) is 2.88. The third kappa shape index (κ3) is 4.83. The summed E-state index contributed by atoms with van der Waals surface area (Å²) >= 11 is 1.22. The van der Waals surface area contributed by atoms with Crippen LogP contribution in [-0.2, 0) is 25.4 Å². The van der Waals surface area contributed by atoms with Gasteiger partial charge in [0.1, 0.15) is 0 Å². The van der Waals surface area contributed by atoms with Crippen molar-refractivity contribution in [2.24, 2.45) is 14.1 Å². The van der Waals surface area contributed by atoms with Crippen LogP contribution < -0.4 is 16.6 Å². The molecule has 0 saturated heterocycles. The second-order valence-electron chi connectivity index (χ2n) is 7.40. The molecule has 33 heavy (non-hydrogen) atoms. The maximum atomic E-state index is 12.9. The molecule has 0 unspecified atom stereocenters. The van der Waals surface area contributed by atoms with Gasteiger partial charge in [0.25, 0.3) is 5.56 Å². The van der Waals surface area contributed by atoms with Crippen molar-refractivity contribution in [1.29, 1.82) is 0 Å². The number of aromatic nitrogens is 4. The number of para-hydroxylation sites is 1. The Balaban J connectivity index is 1.66. The van der Waals surface area contributed by atoms with Crippen molar-refractivity contribution in [1.82, 2.24) is 18.7 Å². The van der Waals surface area contributed by atoms with E-state index in [1.165, 1.54) is 23.4 Å². The third-order valence-corrected chi connectivity index (χ3v) is 6.08. The van der Waals surface area contributed by atoms with E-state index in [0.29, 0.717) is 28.6 Å². The van der Waals surface area contributed by atoms with Gasteiger partial charge in [-0.1, -0.05) is 72.4 Å². The Morgan fingerprint density at radius 2 is 1.67 bits per heavy atom. The number of nitrogens with one attached hydrogen (secondary N) is 1. The van der Waals surface area contributed by atoms with Crippen LogP contribution in [-0.4, -0.2) is 30.3 Å². The maximum absolute atomic E-state index is 12.9. The van der Waals surface area contributed by atoms with Crippen LogP contribution in [0.2, 0.25) is 0 Å². The molecule has 0 atom stereocenters. The maximum Gasteiger partial charge on any atom is 0.332 e. The largest absolute Gasteiger partial charge is 0.332 e. The molecule has 2 aromatic carbocycles. The molecule has 1 N–H and O–H groups in total. The van der Waals surface area contributed by atoms with E-state index >= 15 is 0 Å². The van der Waals surface area contributed by atoms with Crippen molar-refractivity contribution in [2.45, 2.75) is 11.7 Å². The molecule has 0 spiro atoms. The van der Waals surface area contributed by atoms with E-state index < -0.39 is 11.2 Å². The van der Waals surface area contributed by atoms with Gasteiger partial charge in [-0.05, 0) is 17.7 Å². The van der Waals surface area contributed by atoms with Crippen LogP contribution in [0.15, 0.2) is 81.5 Å². The minimum atomic E-state index is -0.449. The van der Waals surface area contributed by atoms with Crippen molar-refractivity contribution < 1.29 is 4.79 Å². The molecule has 1 amide bonds. The summed E-state index contributed by atoms with van der Waals surface area (Å²) in [4.78, 5) is 42.3. The van der Waals surface area contributed by atoms with Crippen molar-refractivity contribution in [3.05, 3.63) is 93.1 Å². The number of nitrogens with zero attached hydrogens (tertiary/aromatic N) is 4. The highest BCUT2D eigenvalue weighted by atomic mass is 32.2. The number of carbonyl (C=O) groups is 1. The number of fused-ring (bicyclic) bond motifs is 1. The average molecular weight is 462 g/mol. The minimum absolute atomic E-state index is 0.106. The van der Waals surface area contributed by atoms with Crippen molar-refractivity contribution >= 4 is 40.6 Å². The zero-order valence-electron chi connectivity index (χ0n) is 18.3. The lowest BCUT2D eigenvalue weighted by Crippen LogP contribution is -2.37. The number of hydrogen-bond donors (Lipinski definition) is 1. The van der Waals surface area contributed by atoms with E-state index in [1.807, 2.05) is 72.8 Å². The summed E-state index contributed by atoms with van der Waals surface area (Å²) in [6.45, 7) is 0.363. The Labute approximate surface area is 194 Å². The SMILES string of the molecule is Cn1c(=O)c2c(nc(SCC(=O)Nc3ccccc3)n2C/C=C/c2ccccc2)n(C)c1=O. The fourth-order valence-corrected chi connectivity index (χ4v) is 4.22. The molecule has 2 heterocycles. The highest BCUT2D eigenvalue weighted by molar-refractivity contribution is 7.99. The number of imidazole rings is 1. The molecule has 0 aliphatic heterocycles. The zero-order chi connectivity index (χ0) is 23.4. The number of benzene rings is 2. The Morgan fingerprint density at radius 3 is 2.36 bits per heavy atom. The molecule has 0 fully saturated rings. The normalized spacial score (nSPS) is 11.3. The molecule has 0 radical (unpaired) electrons. The Hall–Kier alpha value is -3.85. The van der Waals surface area contributed by atoms with Crippen LogP contribution in [0.1, 0.15) is 5.56 Å². The standard InChI is InChI=1S/C24H23N5O3S/c1-27-21-20(22(31)28(2)24(27)32)29(15-9-12-17-10-5-3-6-11-17)23(26-21)33-16-19(30)25-18-13-7-4-8-14-18/h3-14H,15-16H2,1-2H3,(H,25,30)/b12-9+. The van der Waals surface area contributed by atoms with Gasteiger partial charge in [-0.15, -0.1) is 0 Å². The molecular weight excluding hydrogens is 438 g/mol. The summed E-state index contributed by atoms with van der Waals surface area (Å²) in [6.07, 6.45) is 3.88. The number of amides is 1. The average Bonchev–Trinajstić information content (AvgIpc) is 3.20. The van der Waals surface area contributed by atoms with E-state index in [0.717, 1.165) is 10.1 Å². The fraction of sp³-hybridized carbons (Fsp3) is 0.167. The number of allylic oxidation sites excluding steroid dienone is 1. The van der Waals surface area contributed by atoms with Gasteiger partial charge in [-0.2, -0.15) is 0 Å². The van der Waals surface area contributed by atoms with E-state index in [1.54, 1.807) is 11.6 Å². The number of rotatable bonds is 7. The highest BCUT2D eigenvalue weighted by Crippen LogP contribution is 2.22. The van der Waals surface area contributed by atoms with Crippen molar-refractivity contribution in [3.8, 4) is 0 Å². The molecule has 8 nitrogen and oxygen atoms in total. The Kier molecular flexibility index (Phi) is 6.60. The molecule has 0 bridgehead atoms. The van der Waals surface area contributed by atoms with Gasteiger partial charge in [0.2, 0.25) is 5.91 Å². The molecule has 0 saturated carbocycles. The topological polar surface area (TPSA) is 90.9 Å². The summed E-state index contributed by atoms with van der Waals surface area (Å²) in [5.74, 6) is -0.0825. The fourth-order valence-electron chi connectivity index (χ4n) is 3.41. The van der Waals surface area contributed by atoms with Gasteiger partial charge in [0.15, 0.2) is 16.3 Å². The molecule has 0 aliphatic carbocycles. The lowest BCUT2D eigenvalue weighted by atomic mass is 10.2. The lowest BCUT2D eigenvalue weighted by Gasteiger charge is -2.08. The van der Waals surface area contributed by atoms with Gasteiger partial charge >= 0.3 is 5.69 Å². The van der Waals surface area contributed by atoms with E-state index in [2.05, 4.69) is 10.3 Å². The quantitative estimate of drug-likeness (QED) is 0.428. The first-order valence-corrected chi connectivity index (χ1v) is 11.3. The number of carbonyl (C=O) groups excluding carboxylic acids is 1. The summed E-state index contributed by atoms with van der Waals surface area (Å²) in [5, 5.41) is 3.33. The molecule has 4 rings (SSSR count). The summed E-state index contributed by atoms with van der Waals surface area (Å²) in [5.41, 5.74) is 1.48. The monoisotopic (exact) mass is 461 g/mol. The molecular formula is C24H23N5O3S. The first-order chi connectivity index (χ1) is 16.0. The van der Waals surface area contributed by atoms with Gasteiger partial charge in [-0.3, -0.25) is 18.7 Å². The molecule has 9 heteroatoms. The van der Waals surface area contributed by atoms with Gasteiger partial charge in [0.05, 0.1) is 5.75 Å². The molecule has 168 valence electrons. The smallest absolute Gasteiger partial charge is 0.325 e. The first kappa shape index (κ1) is 22.3. The molecule has 4 aromatic rings. The van der Waals surface area contributed by atoms with Crippen LogP contribution in [0.3, 0.4) is 0 Å². The number of aryl methyl sites for hydroxylation is 1. The number of hydrogen-bond acceptors (Lipinski definition) is 5. The summed E-state index contributed by atoms with van der Waals surface area (Å²) in [6, 6.07) is 19.0. The Morgan fingerprint density at radius 1 is 1.00 bits per heavy atom. The van der Waals surface area contributed by atoms with E-state index in [9.17, 15) is 14.4 Å².